The van der Waals surface area contributed by atoms with Crippen molar-refractivity contribution in [1.29, 1.82) is 0 Å². The maximum Gasteiger partial charge on any atom is 0.199 e. The first-order valence-electron chi connectivity index (χ1n) is 5.03. The van der Waals surface area contributed by atoms with Gasteiger partial charge in [0.25, 0.3) is 0 Å². The van der Waals surface area contributed by atoms with E-state index in [9.17, 15) is 10.2 Å². The fourth-order valence-corrected chi connectivity index (χ4v) is 2.12. The lowest BCUT2D eigenvalue weighted by atomic mass is 10.1. The van der Waals surface area contributed by atoms with Gasteiger partial charge in [-0.1, -0.05) is 11.6 Å². The van der Waals surface area contributed by atoms with E-state index in [1.165, 1.54) is 6.07 Å². The van der Waals surface area contributed by atoms with Gasteiger partial charge in [0.05, 0.1) is 0 Å². The zero-order chi connectivity index (χ0) is 12.0. The van der Waals surface area contributed by atoms with E-state index in [1.54, 1.807) is 12.3 Å². The van der Waals surface area contributed by atoms with E-state index in [-0.39, 0.29) is 11.8 Å². The predicted molar refractivity (Wildman–Crippen MR) is 66.4 cm³/mol. The number of hydrogen-bond acceptors (Lipinski definition) is 2. The van der Waals surface area contributed by atoms with Crippen molar-refractivity contribution in [2.75, 3.05) is 0 Å². The highest BCUT2D eigenvalue weighted by atomic mass is 35.5. The molecule has 0 atom stereocenters. The van der Waals surface area contributed by atoms with Gasteiger partial charge >= 0.3 is 0 Å². The number of aromatic amines is 2. The van der Waals surface area contributed by atoms with Crippen LogP contribution in [0.25, 0.3) is 22.0 Å². The number of H-pyrrole nitrogens is 2. The predicted octanol–water partition coefficient (Wildman–Crippen LogP) is 3.23. The smallest absolute Gasteiger partial charge is 0.199 e. The van der Waals surface area contributed by atoms with E-state index in [0.717, 1.165) is 16.5 Å². The Kier molecular flexibility index (Phi) is 2.06. The molecule has 0 unspecified atom stereocenters. The number of nitrogens with one attached hydrogen (secondary N) is 2. The summed E-state index contributed by atoms with van der Waals surface area (Å²) in [5.74, 6) is -0.141. The number of benzene rings is 1. The summed E-state index contributed by atoms with van der Waals surface area (Å²) in [6, 6.07) is 6.94. The Bertz CT molecular complexity index is 700. The Morgan fingerprint density at radius 2 is 1.88 bits per heavy atom. The van der Waals surface area contributed by atoms with Crippen LogP contribution in [0.2, 0.25) is 5.02 Å². The van der Waals surface area contributed by atoms with Crippen molar-refractivity contribution in [3.8, 4) is 22.9 Å². The molecule has 0 saturated heterocycles. The summed E-state index contributed by atoms with van der Waals surface area (Å²) in [6.07, 6.45) is 1.77. The minimum absolute atomic E-state index is 0.0663. The molecule has 0 bridgehead atoms. The van der Waals surface area contributed by atoms with Gasteiger partial charge in [0.2, 0.25) is 0 Å². The van der Waals surface area contributed by atoms with Crippen LogP contribution in [0.3, 0.4) is 0 Å². The summed E-state index contributed by atoms with van der Waals surface area (Å²) in [6.45, 7) is 0. The molecular formula is C12H9ClN2O2. The second kappa shape index (κ2) is 3.46. The normalized spacial score (nSPS) is 11.1. The summed E-state index contributed by atoms with van der Waals surface area (Å²) >= 11 is 5.95. The number of rotatable bonds is 1. The summed E-state index contributed by atoms with van der Waals surface area (Å²) < 4.78 is 0. The third kappa shape index (κ3) is 1.54. The monoisotopic (exact) mass is 248 g/mol. The first-order valence-corrected chi connectivity index (χ1v) is 5.41. The Labute approximate surface area is 101 Å². The number of aromatic hydroxyl groups is 2. The summed E-state index contributed by atoms with van der Waals surface area (Å²) in [5, 5.41) is 20.5. The standard InChI is InChI=1S/C12H9ClN2O2/c13-6-1-2-10-7(3-6)9(5-14-10)8-4-11(16)15-12(8)17/h1-5,14-17H. The molecule has 17 heavy (non-hydrogen) atoms. The van der Waals surface area contributed by atoms with Crippen LogP contribution in [0.1, 0.15) is 0 Å². The van der Waals surface area contributed by atoms with Gasteiger partial charge in [-0.15, -0.1) is 0 Å². The number of aromatic nitrogens is 2. The van der Waals surface area contributed by atoms with Gasteiger partial charge in [0.1, 0.15) is 0 Å². The Morgan fingerprint density at radius 3 is 2.59 bits per heavy atom. The second-order valence-electron chi connectivity index (χ2n) is 3.81. The van der Waals surface area contributed by atoms with Gasteiger partial charge in [-0.05, 0) is 18.2 Å². The average Bonchev–Trinajstić information content (AvgIpc) is 2.81. The molecule has 0 amide bonds. The number of fused-ring (bicyclic) bond motifs is 1. The van der Waals surface area contributed by atoms with Gasteiger partial charge in [-0.25, -0.2) is 0 Å². The minimum Gasteiger partial charge on any atom is -0.494 e. The van der Waals surface area contributed by atoms with Crippen molar-refractivity contribution in [3.05, 3.63) is 35.5 Å². The molecule has 0 radical (unpaired) electrons. The highest BCUT2D eigenvalue weighted by molar-refractivity contribution is 6.31. The Morgan fingerprint density at radius 1 is 1.06 bits per heavy atom. The summed E-state index contributed by atoms with van der Waals surface area (Å²) in [4.78, 5) is 5.52. The lowest BCUT2D eigenvalue weighted by Crippen LogP contribution is -1.73. The van der Waals surface area contributed by atoms with Gasteiger partial charge in [0, 0.05) is 39.3 Å². The minimum atomic E-state index is -0.0751. The Balaban J connectivity index is 2.30. The maximum absolute atomic E-state index is 9.67. The molecule has 0 fully saturated rings. The molecule has 0 saturated carbocycles. The third-order valence-corrected chi connectivity index (χ3v) is 2.95. The van der Waals surface area contributed by atoms with Crippen LogP contribution in [0.5, 0.6) is 11.8 Å². The van der Waals surface area contributed by atoms with Crippen molar-refractivity contribution in [2.45, 2.75) is 0 Å². The molecule has 2 heterocycles. The fourth-order valence-electron chi connectivity index (χ4n) is 1.95. The summed E-state index contributed by atoms with van der Waals surface area (Å²) in [7, 11) is 0. The first kappa shape index (κ1) is 10.1. The van der Waals surface area contributed by atoms with Crippen LogP contribution in [-0.4, -0.2) is 20.2 Å². The number of halogens is 1. The SMILES string of the molecule is Oc1cc(-c2c[nH]c3ccc(Cl)cc23)c(O)[nH]1. The molecule has 86 valence electrons. The van der Waals surface area contributed by atoms with Crippen LogP contribution in [0.4, 0.5) is 0 Å². The molecule has 2 aromatic heterocycles. The summed E-state index contributed by atoms with van der Waals surface area (Å²) in [5.41, 5.74) is 2.25. The van der Waals surface area contributed by atoms with Crippen LogP contribution >= 0.6 is 11.6 Å². The zero-order valence-corrected chi connectivity index (χ0v) is 9.42. The van der Waals surface area contributed by atoms with E-state index in [4.69, 9.17) is 11.6 Å². The van der Waals surface area contributed by atoms with Crippen molar-refractivity contribution < 1.29 is 10.2 Å². The van der Waals surface area contributed by atoms with Crippen molar-refractivity contribution in [1.82, 2.24) is 9.97 Å². The van der Waals surface area contributed by atoms with Gasteiger partial charge in [-0.3, -0.25) is 4.98 Å². The molecule has 4 nitrogen and oxygen atoms in total. The molecule has 0 spiro atoms. The molecule has 0 aliphatic carbocycles. The third-order valence-electron chi connectivity index (χ3n) is 2.72. The second-order valence-corrected chi connectivity index (χ2v) is 4.25. The lowest BCUT2D eigenvalue weighted by molar-refractivity contribution is 0.426. The van der Waals surface area contributed by atoms with E-state index < -0.39 is 0 Å². The highest BCUT2D eigenvalue weighted by Gasteiger charge is 2.13. The molecule has 5 heteroatoms. The largest absolute Gasteiger partial charge is 0.494 e. The first-order chi connectivity index (χ1) is 8.15. The van der Waals surface area contributed by atoms with Crippen molar-refractivity contribution in [3.63, 3.8) is 0 Å². The number of hydrogen-bond donors (Lipinski definition) is 4. The molecule has 0 aliphatic rings. The highest BCUT2D eigenvalue weighted by Crippen LogP contribution is 2.37. The molecule has 3 aromatic rings. The van der Waals surface area contributed by atoms with Gasteiger partial charge in [-0.2, -0.15) is 0 Å². The van der Waals surface area contributed by atoms with E-state index in [1.807, 2.05) is 12.1 Å². The van der Waals surface area contributed by atoms with Crippen LogP contribution in [0.15, 0.2) is 30.5 Å². The Hall–Kier alpha value is -2.07. The zero-order valence-electron chi connectivity index (χ0n) is 8.66. The molecule has 3 rings (SSSR count). The molecular weight excluding hydrogens is 240 g/mol. The van der Waals surface area contributed by atoms with Crippen LogP contribution < -0.4 is 0 Å². The lowest BCUT2D eigenvalue weighted by Gasteiger charge is -1.97. The van der Waals surface area contributed by atoms with Gasteiger partial charge in [0.15, 0.2) is 11.8 Å². The van der Waals surface area contributed by atoms with E-state index in [0.29, 0.717) is 10.6 Å². The van der Waals surface area contributed by atoms with E-state index >= 15 is 0 Å². The van der Waals surface area contributed by atoms with Gasteiger partial charge < -0.3 is 15.2 Å². The van der Waals surface area contributed by atoms with Crippen LogP contribution in [-0.2, 0) is 0 Å². The molecule has 4 N–H and O–H groups in total. The fraction of sp³-hybridized carbons (Fsp3) is 0. The molecule has 1 aromatic carbocycles. The van der Waals surface area contributed by atoms with E-state index in [2.05, 4.69) is 9.97 Å². The van der Waals surface area contributed by atoms with Crippen molar-refractivity contribution in [2.24, 2.45) is 0 Å². The average molecular weight is 249 g/mol. The quantitative estimate of drug-likeness (QED) is 0.534. The topological polar surface area (TPSA) is 72.0 Å². The van der Waals surface area contributed by atoms with Crippen LogP contribution in [0, 0.1) is 0 Å². The maximum atomic E-state index is 9.67. The molecule has 0 aliphatic heterocycles. The van der Waals surface area contributed by atoms with Crippen molar-refractivity contribution >= 4 is 22.5 Å².